The van der Waals surface area contributed by atoms with E-state index < -0.39 is 6.10 Å². The molecule has 1 aromatic rings. The molecule has 0 spiro atoms. The van der Waals surface area contributed by atoms with Gasteiger partial charge in [-0.1, -0.05) is 37.0 Å². The minimum absolute atomic E-state index is 0.0501. The molecule has 0 radical (unpaired) electrons. The molecule has 0 aliphatic carbocycles. The Morgan fingerprint density at radius 3 is 2.80 bits per heavy atom. The second kappa shape index (κ2) is 8.29. The van der Waals surface area contributed by atoms with E-state index in [1.165, 1.54) is 12.3 Å². The highest BCUT2D eigenvalue weighted by atomic mass is 35.5. The molecule has 0 saturated carbocycles. The van der Waals surface area contributed by atoms with Crippen LogP contribution in [0.4, 0.5) is 0 Å². The molecule has 1 rings (SSSR count). The Morgan fingerprint density at radius 1 is 1.50 bits per heavy atom. The predicted octanol–water partition coefficient (Wildman–Crippen LogP) is 2.29. The Hall–Kier alpha value is -1.04. The largest absolute Gasteiger partial charge is 0.475 e. The van der Waals surface area contributed by atoms with Gasteiger partial charge >= 0.3 is 0 Å². The van der Waals surface area contributed by atoms with E-state index in [0.29, 0.717) is 16.6 Å². The summed E-state index contributed by atoms with van der Waals surface area (Å²) in [7, 11) is 0. The number of aliphatic hydroxyl groups is 1. The van der Waals surface area contributed by atoms with Crippen molar-refractivity contribution in [3.8, 4) is 5.88 Å². The Kier molecular flexibility index (Phi) is 7.05. The molecular formula is C13H18Cl2N2O3. The Bertz CT molecular complexity index is 455. The van der Waals surface area contributed by atoms with Gasteiger partial charge in [0.15, 0.2) is 0 Å². The number of ether oxygens (including phenoxy) is 1. The Morgan fingerprint density at radius 2 is 2.20 bits per heavy atom. The minimum atomic E-state index is -0.636. The van der Waals surface area contributed by atoms with Crippen LogP contribution in [0.1, 0.15) is 20.3 Å². The van der Waals surface area contributed by atoms with Crippen molar-refractivity contribution >= 4 is 29.1 Å². The van der Waals surface area contributed by atoms with Gasteiger partial charge in [0.2, 0.25) is 11.8 Å². The number of nitrogens with one attached hydrogen (secondary N) is 1. The molecule has 0 aliphatic heterocycles. The van der Waals surface area contributed by atoms with E-state index in [2.05, 4.69) is 10.3 Å². The molecule has 1 aromatic heterocycles. The van der Waals surface area contributed by atoms with Gasteiger partial charge in [0.1, 0.15) is 11.6 Å². The quantitative estimate of drug-likeness (QED) is 0.756. The van der Waals surface area contributed by atoms with Crippen LogP contribution in [0.5, 0.6) is 5.88 Å². The standard InChI is InChI=1S/C13H18Cl2N2O3/c1-8(2)11(18)6-12(19)16-3-4-20-13-10(15)5-9(14)7-17-13/h5,7-8,11,18H,3-4,6H2,1-2H3,(H,16,19). The number of halogens is 2. The molecular weight excluding hydrogens is 303 g/mol. The summed E-state index contributed by atoms with van der Waals surface area (Å²) in [5, 5.41) is 13.0. The molecule has 5 nitrogen and oxygen atoms in total. The van der Waals surface area contributed by atoms with Crippen LogP contribution in [0.2, 0.25) is 10.0 Å². The van der Waals surface area contributed by atoms with Crippen LogP contribution < -0.4 is 10.1 Å². The molecule has 7 heteroatoms. The number of nitrogens with zero attached hydrogens (tertiary/aromatic N) is 1. The van der Waals surface area contributed by atoms with Crippen LogP contribution in [-0.4, -0.2) is 35.3 Å². The lowest BCUT2D eigenvalue weighted by Crippen LogP contribution is -2.32. The first-order valence-electron chi connectivity index (χ1n) is 6.28. The fourth-order valence-corrected chi connectivity index (χ4v) is 1.78. The van der Waals surface area contributed by atoms with E-state index in [0.717, 1.165) is 0 Å². The van der Waals surface area contributed by atoms with Crippen molar-refractivity contribution in [1.29, 1.82) is 0 Å². The fraction of sp³-hybridized carbons (Fsp3) is 0.538. The van der Waals surface area contributed by atoms with Gasteiger partial charge < -0.3 is 15.2 Å². The summed E-state index contributed by atoms with van der Waals surface area (Å²) in [5.41, 5.74) is 0. The van der Waals surface area contributed by atoms with Crippen LogP contribution in [0.15, 0.2) is 12.3 Å². The maximum atomic E-state index is 11.5. The predicted molar refractivity (Wildman–Crippen MR) is 78.2 cm³/mol. The summed E-state index contributed by atoms with van der Waals surface area (Å²) in [4.78, 5) is 15.4. The molecule has 0 saturated heterocycles. The van der Waals surface area contributed by atoms with Crippen molar-refractivity contribution in [2.75, 3.05) is 13.2 Å². The van der Waals surface area contributed by atoms with Crippen LogP contribution in [0.3, 0.4) is 0 Å². The van der Waals surface area contributed by atoms with Crippen molar-refractivity contribution in [2.24, 2.45) is 5.92 Å². The second-order valence-electron chi connectivity index (χ2n) is 4.65. The molecule has 20 heavy (non-hydrogen) atoms. The zero-order chi connectivity index (χ0) is 15.1. The number of hydrogen-bond acceptors (Lipinski definition) is 4. The maximum absolute atomic E-state index is 11.5. The average molecular weight is 321 g/mol. The van der Waals surface area contributed by atoms with Gasteiger partial charge in [-0.2, -0.15) is 0 Å². The molecule has 2 N–H and O–H groups in total. The highest BCUT2D eigenvalue weighted by Crippen LogP contribution is 2.24. The van der Waals surface area contributed by atoms with E-state index in [-0.39, 0.29) is 30.7 Å². The van der Waals surface area contributed by atoms with Gasteiger partial charge in [-0.3, -0.25) is 4.79 Å². The molecule has 1 heterocycles. The monoisotopic (exact) mass is 320 g/mol. The number of aliphatic hydroxyl groups excluding tert-OH is 1. The highest BCUT2D eigenvalue weighted by molar-refractivity contribution is 6.35. The summed E-state index contributed by atoms with van der Waals surface area (Å²) in [6.45, 7) is 4.26. The lowest BCUT2D eigenvalue weighted by atomic mass is 10.0. The summed E-state index contributed by atoms with van der Waals surface area (Å²) >= 11 is 11.6. The molecule has 0 aliphatic rings. The van der Waals surface area contributed by atoms with Crippen molar-refractivity contribution in [2.45, 2.75) is 26.4 Å². The van der Waals surface area contributed by atoms with Gasteiger partial charge in [-0.05, 0) is 12.0 Å². The normalized spacial score (nSPS) is 12.3. The third kappa shape index (κ3) is 5.94. The molecule has 0 bridgehead atoms. The number of pyridine rings is 1. The lowest BCUT2D eigenvalue weighted by molar-refractivity contribution is -0.123. The average Bonchev–Trinajstić information content (AvgIpc) is 2.36. The Labute approximate surface area is 128 Å². The zero-order valence-corrected chi connectivity index (χ0v) is 12.9. The first kappa shape index (κ1) is 17.0. The fourth-order valence-electron chi connectivity index (χ4n) is 1.34. The van der Waals surface area contributed by atoms with E-state index in [1.807, 2.05) is 13.8 Å². The molecule has 0 fully saturated rings. The lowest BCUT2D eigenvalue weighted by Gasteiger charge is -2.14. The first-order chi connectivity index (χ1) is 9.40. The van der Waals surface area contributed by atoms with Crippen molar-refractivity contribution in [1.82, 2.24) is 10.3 Å². The topological polar surface area (TPSA) is 71.5 Å². The molecule has 0 aromatic carbocycles. The van der Waals surface area contributed by atoms with Gasteiger partial charge in [0.25, 0.3) is 0 Å². The number of carbonyl (C=O) groups excluding carboxylic acids is 1. The SMILES string of the molecule is CC(C)C(O)CC(=O)NCCOc1ncc(Cl)cc1Cl. The number of hydrogen-bond donors (Lipinski definition) is 2. The summed E-state index contributed by atoms with van der Waals surface area (Å²) < 4.78 is 5.32. The third-order valence-corrected chi connectivity index (χ3v) is 3.08. The highest BCUT2D eigenvalue weighted by Gasteiger charge is 2.13. The van der Waals surface area contributed by atoms with Crippen LogP contribution in [0.25, 0.3) is 0 Å². The third-order valence-electron chi connectivity index (χ3n) is 2.60. The van der Waals surface area contributed by atoms with Gasteiger partial charge in [-0.15, -0.1) is 0 Å². The molecule has 1 atom stereocenters. The van der Waals surface area contributed by atoms with Crippen LogP contribution in [-0.2, 0) is 4.79 Å². The second-order valence-corrected chi connectivity index (χ2v) is 5.50. The number of amides is 1. The van der Waals surface area contributed by atoms with Crippen molar-refractivity contribution in [3.63, 3.8) is 0 Å². The van der Waals surface area contributed by atoms with E-state index >= 15 is 0 Å². The first-order valence-corrected chi connectivity index (χ1v) is 7.04. The summed E-state index contributed by atoms with van der Waals surface area (Å²) in [6, 6.07) is 1.53. The molecule has 112 valence electrons. The number of aromatic nitrogens is 1. The van der Waals surface area contributed by atoms with Crippen molar-refractivity contribution < 1.29 is 14.6 Å². The maximum Gasteiger partial charge on any atom is 0.232 e. The summed E-state index contributed by atoms with van der Waals surface area (Å²) in [5.74, 6) is 0.103. The van der Waals surface area contributed by atoms with Gasteiger partial charge in [-0.25, -0.2) is 4.98 Å². The van der Waals surface area contributed by atoms with Gasteiger partial charge in [0, 0.05) is 6.20 Å². The van der Waals surface area contributed by atoms with E-state index in [9.17, 15) is 9.90 Å². The van der Waals surface area contributed by atoms with Crippen LogP contribution >= 0.6 is 23.2 Å². The smallest absolute Gasteiger partial charge is 0.232 e. The minimum Gasteiger partial charge on any atom is -0.475 e. The molecule has 1 amide bonds. The van der Waals surface area contributed by atoms with E-state index in [4.69, 9.17) is 27.9 Å². The Balaban J connectivity index is 2.26. The summed E-state index contributed by atoms with van der Waals surface area (Å²) in [6.07, 6.45) is 0.876. The van der Waals surface area contributed by atoms with E-state index in [1.54, 1.807) is 0 Å². The van der Waals surface area contributed by atoms with Crippen molar-refractivity contribution in [3.05, 3.63) is 22.3 Å². The number of rotatable bonds is 7. The zero-order valence-electron chi connectivity index (χ0n) is 11.4. The van der Waals surface area contributed by atoms with Gasteiger partial charge in [0.05, 0.1) is 24.1 Å². The number of carbonyl (C=O) groups is 1. The van der Waals surface area contributed by atoms with Crippen LogP contribution in [0, 0.1) is 5.92 Å². The molecule has 1 unspecified atom stereocenters.